The Morgan fingerprint density at radius 3 is 2.67 bits per heavy atom. The van der Waals surface area contributed by atoms with E-state index in [2.05, 4.69) is 5.32 Å². The molecule has 1 aromatic carbocycles. The molecule has 1 aromatic heterocycles. The van der Waals surface area contributed by atoms with Crippen LogP contribution in [-0.4, -0.2) is 5.91 Å². The van der Waals surface area contributed by atoms with Gasteiger partial charge in [0.05, 0.1) is 6.04 Å². The topological polar surface area (TPSA) is 29.1 Å². The highest BCUT2D eigenvalue weighted by atomic mass is 32.1. The number of amides is 1. The molecule has 0 bridgehead atoms. The third-order valence-corrected chi connectivity index (χ3v) is 3.91. The van der Waals surface area contributed by atoms with Crippen LogP contribution in [0.15, 0.2) is 36.4 Å². The lowest BCUT2D eigenvalue weighted by Gasteiger charge is -2.13. The summed E-state index contributed by atoms with van der Waals surface area (Å²) >= 11 is 1.58. The van der Waals surface area contributed by atoms with Crippen LogP contribution in [0.1, 0.15) is 28.3 Å². The van der Waals surface area contributed by atoms with Crippen LogP contribution >= 0.6 is 11.3 Å². The highest BCUT2D eigenvalue weighted by Crippen LogP contribution is 2.18. The quantitative estimate of drug-likeness (QED) is 0.842. The molecular weight excluding hydrogens is 292 g/mol. The molecule has 0 radical (unpaired) electrons. The fourth-order valence-corrected chi connectivity index (χ4v) is 2.67. The van der Waals surface area contributed by atoms with Gasteiger partial charge in [-0.25, -0.2) is 8.78 Å². The van der Waals surface area contributed by atoms with Crippen LogP contribution in [-0.2, 0) is 4.79 Å². The maximum Gasteiger partial charge on any atom is 0.244 e. The number of carbonyl (C=O) groups is 1. The Balaban J connectivity index is 2.00. The van der Waals surface area contributed by atoms with Crippen LogP contribution in [0.4, 0.5) is 8.78 Å². The predicted octanol–water partition coefficient (Wildman–Crippen LogP) is 4.23. The molecule has 0 aliphatic rings. The second-order valence-electron chi connectivity index (χ2n) is 4.68. The van der Waals surface area contributed by atoms with Crippen LogP contribution < -0.4 is 5.32 Å². The van der Waals surface area contributed by atoms with Crippen molar-refractivity contribution in [3.05, 3.63) is 63.4 Å². The van der Waals surface area contributed by atoms with E-state index in [1.807, 2.05) is 19.1 Å². The monoisotopic (exact) mass is 307 g/mol. The molecule has 1 heterocycles. The molecule has 0 aliphatic heterocycles. The fourth-order valence-electron chi connectivity index (χ4n) is 1.89. The molecular formula is C16H15F2NOS. The van der Waals surface area contributed by atoms with Crippen LogP contribution in [0.2, 0.25) is 0 Å². The van der Waals surface area contributed by atoms with E-state index < -0.39 is 17.7 Å². The Bertz CT molecular complexity index is 679. The lowest BCUT2D eigenvalue weighted by Crippen LogP contribution is -2.25. The Morgan fingerprint density at radius 2 is 2.05 bits per heavy atom. The molecule has 0 saturated heterocycles. The Labute approximate surface area is 126 Å². The minimum absolute atomic E-state index is 0.255. The number of aryl methyl sites for hydroxylation is 1. The first-order chi connectivity index (χ1) is 9.95. The maximum absolute atomic E-state index is 13.6. The fraction of sp³-hybridized carbons (Fsp3) is 0.188. The van der Waals surface area contributed by atoms with Gasteiger partial charge < -0.3 is 5.32 Å². The van der Waals surface area contributed by atoms with Crippen molar-refractivity contribution in [3.8, 4) is 0 Å². The van der Waals surface area contributed by atoms with Gasteiger partial charge in [0.1, 0.15) is 11.6 Å². The zero-order valence-electron chi connectivity index (χ0n) is 11.7. The second kappa shape index (κ2) is 6.63. The number of benzene rings is 1. The summed E-state index contributed by atoms with van der Waals surface area (Å²) in [4.78, 5) is 13.9. The van der Waals surface area contributed by atoms with Gasteiger partial charge in [0.15, 0.2) is 0 Å². The Kier molecular flexibility index (Phi) is 4.85. The first kappa shape index (κ1) is 15.4. The minimum Gasteiger partial charge on any atom is -0.346 e. The molecule has 5 heteroatoms. The van der Waals surface area contributed by atoms with Gasteiger partial charge in [-0.15, -0.1) is 11.3 Å². The van der Waals surface area contributed by atoms with Gasteiger partial charge in [0.25, 0.3) is 0 Å². The summed E-state index contributed by atoms with van der Waals surface area (Å²) in [6.45, 7) is 3.64. The van der Waals surface area contributed by atoms with Crippen molar-refractivity contribution in [3.63, 3.8) is 0 Å². The largest absolute Gasteiger partial charge is 0.346 e. The van der Waals surface area contributed by atoms with Crippen LogP contribution in [0.25, 0.3) is 6.08 Å². The molecule has 1 N–H and O–H groups in total. The highest BCUT2D eigenvalue weighted by molar-refractivity contribution is 7.12. The van der Waals surface area contributed by atoms with Crippen molar-refractivity contribution < 1.29 is 13.6 Å². The first-order valence-electron chi connectivity index (χ1n) is 6.45. The van der Waals surface area contributed by atoms with Gasteiger partial charge in [0.2, 0.25) is 5.91 Å². The molecule has 1 atom stereocenters. The predicted molar refractivity (Wildman–Crippen MR) is 81.0 cm³/mol. The first-order valence-corrected chi connectivity index (χ1v) is 7.27. The van der Waals surface area contributed by atoms with Gasteiger partial charge >= 0.3 is 0 Å². The van der Waals surface area contributed by atoms with Gasteiger partial charge in [-0.3, -0.25) is 4.79 Å². The third kappa shape index (κ3) is 4.23. The number of hydrogen-bond donors (Lipinski definition) is 1. The third-order valence-electron chi connectivity index (χ3n) is 2.95. The summed E-state index contributed by atoms with van der Waals surface area (Å²) in [6, 6.07) is 6.68. The summed E-state index contributed by atoms with van der Waals surface area (Å²) in [5, 5.41) is 2.65. The van der Waals surface area contributed by atoms with Crippen molar-refractivity contribution >= 4 is 23.3 Å². The lowest BCUT2D eigenvalue weighted by atomic mass is 10.1. The van der Waals surface area contributed by atoms with Crippen LogP contribution in [0.3, 0.4) is 0 Å². The van der Waals surface area contributed by atoms with Crippen LogP contribution in [0.5, 0.6) is 0 Å². The normalized spacial score (nSPS) is 12.6. The number of hydrogen-bond acceptors (Lipinski definition) is 2. The van der Waals surface area contributed by atoms with Crippen molar-refractivity contribution in [2.24, 2.45) is 0 Å². The minimum atomic E-state index is -0.666. The number of thiophene rings is 1. The molecule has 0 spiro atoms. The Hall–Kier alpha value is -2.01. The van der Waals surface area contributed by atoms with Crippen LogP contribution in [0, 0.1) is 18.6 Å². The molecule has 1 amide bonds. The van der Waals surface area contributed by atoms with Crippen molar-refractivity contribution in [1.29, 1.82) is 0 Å². The molecule has 2 aromatic rings. The molecule has 110 valence electrons. The van der Waals surface area contributed by atoms with Gasteiger partial charge in [0, 0.05) is 27.5 Å². The molecule has 0 aliphatic carbocycles. The maximum atomic E-state index is 13.6. The number of rotatable bonds is 4. The molecule has 0 fully saturated rings. The van der Waals surface area contributed by atoms with Gasteiger partial charge in [-0.05, 0) is 38.1 Å². The standard InChI is InChI=1S/C16H15F2NOS/c1-10-3-5-13(21-10)6-8-16(20)19-11(2)14-7-4-12(17)9-15(14)18/h3-9,11H,1-2H3,(H,19,20)/b8-6+/t11-/m0/s1. The summed E-state index contributed by atoms with van der Waals surface area (Å²) in [6.07, 6.45) is 3.12. The van der Waals surface area contributed by atoms with E-state index in [1.165, 1.54) is 18.2 Å². The van der Waals surface area contributed by atoms with E-state index in [9.17, 15) is 13.6 Å². The van der Waals surface area contributed by atoms with Crippen molar-refractivity contribution in [2.75, 3.05) is 0 Å². The zero-order valence-corrected chi connectivity index (χ0v) is 12.5. The molecule has 2 rings (SSSR count). The molecule has 0 unspecified atom stereocenters. The van der Waals surface area contributed by atoms with E-state index in [-0.39, 0.29) is 11.5 Å². The van der Waals surface area contributed by atoms with E-state index in [0.29, 0.717) is 0 Å². The van der Waals surface area contributed by atoms with Gasteiger partial charge in [-0.2, -0.15) is 0 Å². The molecule has 21 heavy (non-hydrogen) atoms. The molecule has 2 nitrogen and oxygen atoms in total. The number of halogens is 2. The van der Waals surface area contributed by atoms with E-state index in [0.717, 1.165) is 15.8 Å². The second-order valence-corrected chi connectivity index (χ2v) is 6.00. The number of carbonyl (C=O) groups excluding carboxylic acids is 1. The van der Waals surface area contributed by atoms with Crippen molar-refractivity contribution in [2.45, 2.75) is 19.9 Å². The summed E-state index contributed by atoms with van der Waals surface area (Å²) in [5.41, 5.74) is 0.255. The highest BCUT2D eigenvalue weighted by Gasteiger charge is 2.13. The van der Waals surface area contributed by atoms with E-state index in [4.69, 9.17) is 0 Å². The molecule has 0 saturated carbocycles. The summed E-state index contributed by atoms with van der Waals surface area (Å²) in [5.74, 6) is -1.62. The zero-order chi connectivity index (χ0) is 15.4. The summed E-state index contributed by atoms with van der Waals surface area (Å²) in [7, 11) is 0. The summed E-state index contributed by atoms with van der Waals surface area (Å²) < 4.78 is 26.4. The number of nitrogens with one attached hydrogen (secondary N) is 1. The average Bonchev–Trinajstić information content (AvgIpc) is 2.82. The lowest BCUT2D eigenvalue weighted by molar-refractivity contribution is -0.117. The smallest absolute Gasteiger partial charge is 0.244 e. The van der Waals surface area contributed by atoms with Gasteiger partial charge in [-0.1, -0.05) is 6.07 Å². The SMILES string of the molecule is Cc1ccc(/C=C/C(=O)N[C@@H](C)c2ccc(F)cc2F)s1. The van der Waals surface area contributed by atoms with E-state index >= 15 is 0 Å². The average molecular weight is 307 g/mol. The Morgan fingerprint density at radius 1 is 1.29 bits per heavy atom. The van der Waals surface area contributed by atoms with E-state index in [1.54, 1.807) is 24.3 Å². The van der Waals surface area contributed by atoms with Crippen molar-refractivity contribution in [1.82, 2.24) is 5.32 Å².